The molecular formula is C36H64N2O4. The van der Waals surface area contributed by atoms with E-state index in [0.29, 0.717) is 0 Å². The summed E-state index contributed by atoms with van der Waals surface area (Å²) in [7, 11) is 0. The third-order valence-corrected chi connectivity index (χ3v) is 8.80. The summed E-state index contributed by atoms with van der Waals surface area (Å²) in [5.74, 6) is 2.19. The van der Waals surface area contributed by atoms with Crippen molar-refractivity contribution in [1.82, 2.24) is 9.80 Å². The highest BCUT2D eigenvalue weighted by Crippen LogP contribution is 2.32. The summed E-state index contributed by atoms with van der Waals surface area (Å²) in [4.78, 5) is 5.08. The summed E-state index contributed by atoms with van der Waals surface area (Å²) >= 11 is 0. The molecule has 0 spiro atoms. The molecule has 42 heavy (non-hydrogen) atoms. The van der Waals surface area contributed by atoms with Crippen molar-refractivity contribution in [2.24, 2.45) is 0 Å². The van der Waals surface area contributed by atoms with Gasteiger partial charge in [-0.15, -0.1) is 0 Å². The number of benzene rings is 1. The molecule has 0 radical (unpaired) electrons. The molecule has 2 aliphatic rings. The Balaban J connectivity index is 1.63. The van der Waals surface area contributed by atoms with Gasteiger partial charge in [-0.25, -0.2) is 0 Å². The smallest absolute Gasteiger partial charge is 0.123 e. The molecule has 0 bridgehead atoms. The predicted molar refractivity (Wildman–Crippen MR) is 175 cm³/mol. The van der Waals surface area contributed by atoms with Gasteiger partial charge in [-0.2, -0.15) is 0 Å². The van der Waals surface area contributed by atoms with Crippen molar-refractivity contribution in [3.05, 3.63) is 23.3 Å². The lowest BCUT2D eigenvalue weighted by Crippen LogP contribution is -2.37. The van der Waals surface area contributed by atoms with Crippen molar-refractivity contribution in [3.8, 4) is 11.5 Å². The van der Waals surface area contributed by atoms with E-state index in [9.17, 15) is 0 Å². The van der Waals surface area contributed by atoms with E-state index in [4.69, 9.17) is 18.9 Å². The van der Waals surface area contributed by atoms with E-state index >= 15 is 0 Å². The summed E-state index contributed by atoms with van der Waals surface area (Å²) < 4.78 is 24.2. The Morgan fingerprint density at radius 1 is 0.524 bits per heavy atom. The molecule has 2 aliphatic heterocycles. The van der Waals surface area contributed by atoms with Gasteiger partial charge in [-0.05, 0) is 74.9 Å². The van der Waals surface area contributed by atoms with Crippen LogP contribution < -0.4 is 9.47 Å². The Morgan fingerprint density at radius 2 is 0.905 bits per heavy atom. The first-order valence-corrected chi connectivity index (χ1v) is 17.8. The van der Waals surface area contributed by atoms with Gasteiger partial charge in [0.15, 0.2) is 0 Å². The molecule has 1 aromatic carbocycles. The summed E-state index contributed by atoms with van der Waals surface area (Å²) in [6.45, 7) is 16.1. The Kier molecular flexibility index (Phi) is 19.3. The molecule has 0 unspecified atom stereocenters. The van der Waals surface area contributed by atoms with Crippen molar-refractivity contribution < 1.29 is 18.9 Å². The number of nitrogens with zero attached hydrogens (tertiary/aromatic N) is 2. The van der Waals surface area contributed by atoms with Crippen LogP contribution in [0.1, 0.15) is 115 Å². The normalized spacial score (nSPS) is 16.6. The number of rotatable bonds is 24. The number of morpholine rings is 2. The van der Waals surface area contributed by atoms with E-state index in [1.807, 2.05) is 0 Å². The number of unbranched alkanes of at least 4 members (excludes halogenated alkanes) is 10. The van der Waals surface area contributed by atoms with E-state index in [1.165, 1.54) is 75.3 Å². The number of aryl methyl sites for hydroxylation is 2. The molecule has 0 aromatic heterocycles. The van der Waals surface area contributed by atoms with Crippen LogP contribution in [0.25, 0.3) is 0 Å². The molecule has 242 valence electrons. The minimum atomic E-state index is 0.813. The van der Waals surface area contributed by atoms with Crippen molar-refractivity contribution in [2.45, 2.75) is 117 Å². The van der Waals surface area contributed by atoms with Crippen molar-refractivity contribution in [2.75, 3.05) is 78.9 Å². The summed E-state index contributed by atoms with van der Waals surface area (Å²) in [5.41, 5.74) is 2.65. The fraction of sp³-hybridized carbons (Fsp3) is 0.833. The lowest BCUT2D eigenvalue weighted by Gasteiger charge is -2.27. The molecule has 2 heterocycles. The quantitative estimate of drug-likeness (QED) is 0.115. The largest absolute Gasteiger partial charge is 0.493 e. The maximum atomic E-state index is 6.54. The van der Waals surface area contributed by atoms with Gasteiger partial charge >= 0.3 is 0 Å². The first kappa shape index (κ1) is 35.1. The molecule has 1 aromatic rings. The molecule has 6 heteroatoms. The van der Waals surface area contributed by atoms with Gasteiger partial charge < -0.3 is 18.9 Å². The number of hydrogen-bond donors (Lipinski definition) is 0. The lowest BCUT2D eigenvalue weighted by atomic mass is 10.0. The second-order valence-corrected chi connectivity index (χ2v) is 12.4. The average Bonchev–Trinajstić information content (AvgIpc) is 3.02. The molecule has 0 saturated carbocycles. The van der Waals surface area contributed by atoms with Crippen LogP contribution in [0, 0.1) is 0 Å². The monoisotopic (exact) mass is 588 g/mol. The first-order chi connectivity index (χ1) is 20.8. The van der Waals surface area contributed by atoms with Crippen LogP contribution in [0.3, 0.4) is 0 Å². The standard InChI is InChI=1S/C36H64N2O4/c1-3-5-7-9-11-13-25-41-35-31-34(18-16-20-38-23-29-40-30-24-38)36(42-26-14-12-10-8-6-4-2)32-33(35)17-15-19-37-21-27-39-28-22-37/h31-32H,3-30H2,1-2H3. The average molecular weight is 589 g/mol. The van der Waals surface area contributed by atoms with Crippen LogP contribution in [0.15, 0.2) is 12.1 Å². The maximum absolute atomic E-state index is 6.54. The predicted octanol–water partition coefficient (Wildman–Crippen LogP) is 7.69. The molecule has 6 nitrogen and oxygen atoms in total. The van der Waals surface area contributed by atoms with Gasteiger partial charge in [0.25, 0.3) is 0 Å². The fourth-order valence-electron chi connectivity index (χ4n) is 6.07. The highest BCUT2D eigenvalue weighted by molar-refractivity contribution is 5.47. The van der Waals surface area contributed by atoms with Crippen LogP contribution in [0.4, 0.5) is 0 Å². The SMILES string of the molecule is CCCCCCCCOc1cc(CCCN2CCOCC2)c(OCCCCCCCC)cc1CCCN1CCOCC1. The van der Waals surface area contributed by atoms with Gasteiger partial charge in [0.1, 0.15) is 11.5 Å². The zero-order valence-corrected chi connectivity index (χ0v) is 27.5. The minimum Gasteiger partial charge on any atom is -0.493 e. The molecule has 0 atom stereocenters. The molecule has 2 saturated heterocycles. The number of hydrogen-bond acceptors (Lipinski definition) is 6. The van der Waals surface area contributed by atoms with Crippen LogP contribution in [-0.2, 0) is 22.3 Å². The zero-order valence-electron chi connectivity index (χ0n) is 27.5. The first-order valence-electron chi connectivity index (χ1n) is 17.8. The molecule has 0 aliphatic carbocycles. The third-order valence-electron chi connectivity index (χ3n) is 8.80. The van der Waals surface area contributed by atoms with Gasteiger partial charge in [0, 0.05) is 26.2 Å². The Morgan fingerprint density at radius 3 is 1.31 bits per heavy atom. The van der Waals surface area contributed by atoms with Crippen LogP contribution >= 0.6 is 0 Å². The second kappa shape index (κ2) is 23.1. The fourth-order valence-corrected chi connectivity index (χ4v) is 6.07. The van der Waals surface area contributed by atoms with Crippen LogP contribution in [0.2, 0.25) is 0 Å². The van der Waals surface area contributed by atoms with E-state index in [2.05, 4.69) is 35.8 Å². The lowest BCUT2D eigenvalue weighted by molar-refractivity contribution is 0.0373. The van der Waals surface area contributed by atoms with E-state index < -0.39 is 0 Å². The van der Waals surface area contributed by atoms with Gasteiger partial charge in [-0.1, -0.05) is 78.1 Å². The molecular weight excluding hydrogens is 524 g/mol. The van der Waals surface area contributed by atoms with E-state index in [1.54, 1.807) is 0 Å². The maximum Gasteiger partial charge on any atom is 0.123 e. The van der Waals surface area contributed by atoms with Crippen molar-refractivity contribution in [3.63, 3.8) is 0 Å². The Bertz CT molecular complexity index is 727. The Hall–Kier alpha value is -1.34. The molecule has 3 rings (SSSR count). The summed E-state index contributed by atoms with van der Waals surface area (Å²) in [6, 6.07) is 4.69. The van der Waals surface area contributed by atoms with Crippen molar-refractivity contribution >= 4 is 0 Å². The van der Waals surface area contributed by atoms with E-state index in [0.717, 1.165) is 129 Å². The summed E-state index contributed by atoms with van der Waals surface area (Å²) in [5, 5.41) is 0. The molecule has 0 amide bonds. The van der Waals surface area contributed by atoms with Crippen molar-refractivity contribution in [1.29, 1.82) is 0 Å². The summed E-state index contributed by atoms with van der Waals surface area (Å²) in [6.07, 6.45) is 19.8. The van der Waals surface area contributed by atoms with Gasteiger partial charge in [0.2, 0.25) is 0 Å². The minimum absolute atomic E-state index is 0.813. The van der Waals surface area contributed by atoms with Gasteiger partial charge in [0.05, 0.1) is 39.6 Å². The molecule has 2 fully saturated rings. The Labute approximate surface area is 258 Å². The van der Waals surface area contributed by atoms with Gasteiger partial charge in [-0.3, -0.25) is 9.80 Å². The highest BCUT2D eigenvalue weighted by Gasteiger charge is 2.16. The third kappa shape index (κ3) is 14.9. The highest BCUT2D eigenvalue weighted by atomic mass is 16.5. The molecule has 0 N–H and O–H groups in total. The number of ether oxygens (including phenoxy) is 4. The zero-order chi connectivity index (χ0) is 29.5. The van der Waals surface area contributed by atoms with Crippen LogP contribution in [-0.4, -0.2) is 88.7 Å². The van der Waals surface area contributed by atoms with Crippen LogP contribution in [0.5, 0.6) is 11.5 Å². The second-order valence-electron chi connectivity index (χ2n) is 12.4. The topological polar surface area (TPSA) is 43.4 Å². The van der Waals surface area contributed by atoms with E-state index in [-0.39, 0.29) is 0 Å².